The first-order valence-corrected chi connectivity index (χ1v) is 11.4. The van der Waals surface area contributed by atoms with Gasteiger partial charge in [-0.05, 0) is 42.1 Å². The van der Waals surface area contributed by atoms with Crippen molar-refractivity contribution in [1.82, 2.24) is 9.21 Å². The van der Waals surface area contributed by atoms with Crippen LogP contribution in [0.5, 0.6) is 0 Å². The Labute approximate surface area is 167 Å². The fourth-order valence-corrected chi connectivity index (χ4v) is 6.13. The molecule has 2 aliphatic rings. The second-order valence-corrected chi connectivity index (χ2v) is 9.53. The lowest BCUT2D eigenvalue weighted by molar-refractivity contribution is 0.225. The van der Waals surface area contributed by atoms with Crippen LogP contribution in [0.1, 0.15) is 6.42 Å². The first-order valence-electron chi connectivity index (χ1n) is 9.09. The number of urea groups is 1. The molecule has 0 radical (unpaired) electrons. The van der Waals surface area contributed by atoms with Crippen LogP contribution in [0, 0.1) is 5.82 Å². The van der Waals surface area contributed by atoms with Crippen LogP contribution < -0.4 is 10.2 Å². The van der Waals surface area contributed by atoms with Crippen molar-refractivity contribution in [3.8, 4) is 0 Å². The van der Waals surface area contributed by atoms with Crippen LogP contribution in [0.4, 0.5) is 19.9 Å². The Morgan fingerprint density at radius 2 is 1.75 bits per heavy atom. The van der Waals surface area contributed by atoms with Crippen molar-refractivity contribution in [3.05, 3.63) is 41.5 Å². The molecule has 1 saturated heterocycles. The number of nitrogens with one attached hydrogen (secondary N) is 1. The number of thiophene rings is 1. The van der Waals surface area contributed by atoms with E-state index < -0.39 is 16.1 Å². The Balaban J connectivity index is 1.28. The number of hydrogen-bond donors (Lipinski definition) is 1. The SMILES string of the molecule is O=C1Nc2sccc2S(=O)(=O)N1CCCN1CCN(c2ccc(F)cc2)CC1. The Kier molecular flexibility index (Phi) is 5.26. The first kappa shape index (κ1) is 19.2. The number of hydrogen-bond acceptors (Lipinski definition) is 6. The molecule has 3 heterocycles. The van der Waals surface area contributed by atoms with Gasteiger partial charge in [0.15, 0.2) is 0 Å². The van der Waals surface area contributed by atoms with E-state index in [0.29, 0.717) is 18.0 Å². The van der Waals surface area contributed by atoms with Crippen molar-refractivity contribution in [2.24, 2.45) is 0 Å². The van der Waals surface area contributed by atoms with Gasteiger partial charge in [-0.25, -0.2) is 21.9 Å². The van der Waals surface area contributed by atoms with Gasteiger partial charge in [-0.15, -0.1) is 11.3 Å². The molecule has 1 aromatic carbocycles. The van der Waals surface area contributed by atoms with Crippen LogP contribution in [-0.2, 0) is 10.0 Å². The highest BCUT2D eigenvalue weighted by Gasteiger charge is 2.37. The molecule has 10 heteroatoms. The standard InChI is InChI=1S/C18H21FN4O3S2/c19-14-2-4-15(5-3-14)22-11-9-21(10-12-22)7-1-8-23-18(24)20-17-16(6-13-27-17)28(23,25)26/h2-6,13H,1,7-12H2,(H,20,24). The lowest BCUT2D eigenvalue weighted by atomic mass is 10.2. The predicted molar refractivity (Wildman–Crippen MR) is 107 cm³/mol. The van der Waals surface area contributed by atoms with E-state index in [4.69, 9.17) is 0 Å². The summed E-state index contributed by atoms with van der Waals surface area (Å²) in [6.45, 7) is 4.20. The van der Waals surface area contributed by atoms with Crippen LogP contribution in [0.25, 0.3) is 0 Å². The predicted octanol–water partition coefficient (Wildman–Crippen LogP) is 2.64. The highest BCUT2D eigenvalue weighted by Crippen LogP contribution is 2.34. The van der Waals surface area contributed by atoms with E-state index in [2.05, 4.69) is 15.1 Å². The third-order valence-electron chi connectivity index (χ3n) is 5.04. The molecule has 0 spiro atoms. The van der Waals surface area contributed by atoms with Crippen molar-refractivity contribution in [2.75, 3.05) is 49.5 Å². The number of amides is 2. The van der Waals surface area contributed by atoms with Crippen molar-refractivity contribution in [1.29, 1.82) is 0 Å². The average Bonchev–Trinajstić information content (AvgIpc) is 3.15. The molecule has 0 unspecified atom stereocenters. The Bertz CT molecular complexity index is 953. The highest BCUT2D eigenvalue weighted by molar-refractivity contribution is 7.90. The van der Waals surface area contributed by atoms with Gasteiger partial charge in [0, 0.05) is 45.0 Å². The van der Waals surface area contributed by atoms with Crippen molar-refractivity contribution < 1.29 is 17.6 Å². The maximum Gasteiger partial charge on any atom is 0.336 e. The van der Waals surface area contributed by atoms with Crippen LogP contribution in [0.3, 0.4) is 0 Å². The monoisotopic (exact) mass is 424 g/mol. The lowest BCUT2D eigenvalue weighted by Gasteiger charge is -2.36. The number of fused-ring (bicyclic) bond motifs is 1. The van der Waals surface area contributed by atoms with Crippen LogP contribution in [0.2, 0.25) is 0 Å². The van der Waals surface area contributed by atoms with Crippen molar-refractivity contribution in [2.45, 2.75) is 11.3 Å². The molecular formula is C18H21FN4O3S2. The number of rotatable bonds is 5. The summed E-state index contributed by atoms with van der Waals surface area (Å²) in [6.07, 6.45) is 0.572. The smallest absolute Gasteiger partial charge is 0.336 e. The zero-order chi connectivity index (χ0) is 19.7. The van der Waals surface area contributed by atoms with Gasteiger partial charge in [0.25, 0.3) is 10.0 Å². The molecule has 0 bridgehead atoms. The Morgan fingerprint density at radius 3 is 2.46 bits per heavy atom. The minimum atomic E-state index is -3.77. The van der Waals surface area contributed by atoms with Gasteiger partial charge >= 0.3 is 6.03 Å². The minimum Gasteiger partial charge on any atom is -0.369 e. The van der Waals surface area contributed by atoms with Crippen molar-refractivity contribution in [3.63, 3.8) is 0 Å². The van der Waals surface area contributed by atoms with E-state index in [1.54, 1.807) is 17.5 Å². The molecule has 0 saturated carbocycles. The molecule has 2 aromatic rings. The number of benzene rings is 1. The van der Waals surface area contributed by atoms with E-state index in [1.807, 2.05) is 0 Å². The van der Waals surface area contributed by atoms with Gasteiger partial charge in [0.05, 0.1) is 0 Å². The number of nitrogens with zero attached hydrogens (tertiary/aromatic N) is 3. The number of halogens is 1. The van der Waals surface area contributed by atoms with Crippen LogP contribution in [0.15, 0.2) is 40.6 Å². The number of carbonyl (C=O) groups excluding carboxylic acids is 1. The van der Waals surface area contributed by atoms with Gasteiger partial charge in [-0.2, -0.15) is 0 Å². The zero-order valence-corrected chi connectivity index (χ0v) is 16.8. The topological polar surface area (TPSA) is 73.0 Å². The molecule has 28 heavy (non-hydrogen) atoms. The summed E-state index contributed by atoms with van der Waals surface area (Å²) in [7, 11) is -3.77. The Morgan fingerprint density at radius 1 is 1.04 bits per heavy atom. The minimum absolute atomic E-state index is 0.154. The quantitative estimate of drug-likeness (QED) is 0.799. The third-order valence-corrected chi connectivity index (χ3v) is 7.83. The van der Waals surface area contributed by atoms with Gasteiger partial charge < -0.3 is 4.90 Å². The molecule has 0 aliphatic carbocycles. The molecule has 4 rings (SSSR count). The molecule has 150 valence electrons. The number of piperazine rings is 1. The normalized spacial score (nSPS) is 19.4. The highest BCUT2D eigenvalue weighted by atomic mass is 32.2. The molecule has 1 N–H and O–H groups in total. The second-order valence-electron chi connectivity index (χ2n) is 6.78. The number of carbonyl (C=O) groups is 1. The number of anilines is 2. The maximum atomic E-state index is 13.1. The number of sulfonamides is 1. The molecule has 0 atom stereocenters. The first-order chi connectivity index (χ1) is 13.4. The summed E-state index contributed by atoms with van der Waals surface area (Å²) >= 11 is 1.21. The van der Waals surface area contributed by atoms with Gasteiger partial charge in [-0.1, -0.05) is 0 Å². The van der Waals surface area contributed by atoms with Gasteiger partial charge in [-0.3, -0.25) is 10.2 Å². The summed E-state index contributed by atoms with van der Waals surface area (Å²) in [5.74, 6) is -0.242. The van der Waals surface area contributed by atoms with E-state index in [1.165, 1.54) is 29.5 Å². The third kappa shape index (κ3) is 3.71. The summed E-state index contributed by atoms with van der Waals surface area (Å²) in [6, 6.07) is 7.43. The van der Waals surface area contributed by atoms with Crippen molar-refractivity contribution >= 4 is 38.1 Å². The second kappa shape index (κ2) is 7.69. The van der Waals surface area contributed by atoms with Crippen LogP contribution >= 0.6 is 11.3 Å². The fourth-order valence-electron chi connectivity index (χ4n) is 3.52. The largest absolute Gasteiger partial charge is 0.369 e. The summed E-state index contributed by atoms with van der Waals surface area (Å²) < 4.78 is 39.2. The van der Waals surface area contributed by atoms with Crippen LogP contribution in [-0.4, -0.2) is 62.9 Å². The molecule has 1 aromatic heterocycles. The zero-order valence-electron chi connectivity index (χ0n) is 15.2. The van der Waals surface area contributed by atoms with Gasteiger partial charge in [0.1, 0.15) is 15.7 Å². The van der Waals surface area contributed by atoms with E-state index in [0.717, 1.165) is 36.2 Å². The van der Waals surface area contributed by atoms with Gasteiger partial charge in [0.2, 0.25) is 0 Å². The molecule has 1 fully saturated rings. The Hall–Kier alpha value is -2.17. The summed E-state index contributed by atoms with van der Waals surface area (Å²) in [5, 5.41) is 4.69. The molecular weight excluding hydrogens is 403 g/mol. The average molecular weight is 425 g/mol. The van der Waals surface area contributed by atoms with E-state index in [9.17, 15) is 17.6 Å². The maximum absolute atomic E-state index is 13.1. The molecule has 7 nitrogen and oxygen atoms in total. The van der Waals surface area contributed by atoms with E-state index >= 15 is 0 Å². The summed E-state index contributed by atoms with van der Waals surface area (Å²) in [4.78, 5) is 16.8. The molecule has 2 aliphatic heterocycles. The summed E-state index contributed by atoms with van der Waals surface area (Å²) in [5.41, 5.74) is 1.00. The fraction of sp³-hybridized carbons (Fsp3) is 0.389. The molecule has 2 amide bonds. The lowest BCUT2D eigenvalue weighted by Crippen LogP contribution is -2.48. The van der Waals surface area contributed by atoms with E-state index in [-0.39, 0.29) is 17.3 Å².